The Bertz CT molecular complexity index is 959. The van der Waals surface area contributed by atoms with Crippen LogP contribution < -0.4 is 4.74 Å². The second-order valence-electron chi connectivity index (χ2n) is 5.97. The quantitative estimate of drug-likeness (QED) is 0.338. The van der Waals surface area contributed by atoms with E-state index in [0.29, 0.717) is 11.7 Å². The van der Waals surface area contributed by atoms with Gasteiger partial charge >= 0.3 is 0 Å². The molecule has 7 nitrogen and oxygen atoms in total. The molecule has 0 aliphatic carbocycles. The number of carbonyl (C=O) groups is 1. The summed E-state index contributed by atoms with van der Waals surface area (Å²) in [6.45, 7) is 8.40. The highest BCUT2D eigenvalue weighted by Crippen LogP contribution is 2.23. The van der Waals surface area contributed by atoms with Crippen LogP contribution in [0.15, 0.2) is 48.1 Å². The van der Waals surface area contributed by atoms with Crippen molar-refractivity contribution in [3.05, 3.63) is 59.9 Å². The van der Waals surface area contributed by atoms with E-state index in [-0.39, 0.29) is 11.5 Å². The van der Waals surface area contributed by atoms with Gasteiger partial charge in [0.2, 0.25) is 5.16 Å². The van der Waals surface area contributed by atoms with Crippen molar-refractivity contribution < 1.29 is 9.53 Å². The van der Waals surface area contributed by atoms with Crippen molar-refractivity contribution in [2.75, 3.05) is 12.9 Å². The number of ether oxygens (including phenoxy) is 1. The van der Waals surface area contributed by atoms with Gasteiger partial charge in [-0.05, 0) is 54.6 Å². The van der Waals surface area contributed by atoms with Gasteiger partial charge in [0.25, 0.3) is 0 Å². The minimum absolute atomic E-state index is 0.0488. The molecule has 0 bridgehead atoms. The van der Waals surface area contributed by atoms with Crippen molar-refractivity contribution in [3.8, 4) is 11.4 Å². The maximum Gasteiger partial charge on any atom is 0.214 e. The van der Waals surface area contributed by atoms with Gasteiger partial charge < -0.3 is 9.30 Å². The summed E-state index contributed by atoms with van der Waals surface area (Å²) in [5.74, 6) is 1.06. The first-order valence-electron chi connectivity index (χ1n) is 8.41. The average molecular weight is 383 g/mol. The summed E-state index contributed by atoms with van der Waals surface area (Å²) in [4.78, 5) is 12.7. The van der Waals surface area contributed by atoms with Gasteiger partial charge in [-0.3, -0.25) is 4.79 Å². The Hall–Kier alpha value is -2.87. The molecule has 0 fully saturated rings. The van der Waals surface area contributed by atoms with Crippen LogP contribution in [0.25, 0.3) is 5.69 Å². The molecule has 8 heteroatoms. The Kier molecular flexibility index (Phi) is 5.75. The van der Waals surface area contributed by atoms with Gasteiger partial charge in [0.05, 0.1) is 18.6 Å². The van der Waals surface area contributed by atoms with Crippen LogP contribution in [0.3, 0.4) is 0 Å². The number of ketones is 1. The molecule has 0 aliphatic heterocycles. The third-order valence-corrected chi connectivity index (χ3v) is 5.20. The van der Waals surface area contributed by atoms with Gasteiger partial charge in [-0.2, -0.15) is 4.68 Å². The van der Waals surface area contributed by atoms with Gasteiger partial charge in [-0.15, -0.1) is 11.7 Å². The predicted molar refractivity (Wildman–Crippen MR) is 105 cm³/mol. The lowest BCUT2D eigenvalue weighted by molar-refractivity contribution is 0.102. The fourth-order valence-electron chi connectivity index (χ4n) is 2.86. The van der Waals surface area contributed by atoms with Gasteiger partial charge in [0.15, 0.2) is 5.78 Å². The first-order valence-corrected chi connectivity index (χ1v) is 9.40. The van der Waals surface area contributed by atoms with Crippen LogP contribution in [-0.2, 0) is 6.54 Å². The number of aryl methyl sites for hydroxylation is 1. The zero-order valence-corrected chi connectivity index (χ0v) is 16.4. The number of rotatable bonds is 8. The van der Waals surface area contributed by atoms with Crippen molar-refractivity contribution in [1.82, 2.24) is 24.8 Å². The van der Waals surface area contributed by atoms with Crippen molar-refractivity contribution in [3.63, 3.8) is 0 Å². The van der Waals surface area contributed by atoms with Gasteiger partial charge in [-0.25, -0.2) is 0 Å². The molecule has 2 aromatic heterocycles. The molecule has 27 heavy (non-hydrogen) atoms. The fraction of sp³-hybridized carbons (Fsp3) is 0.263. The largest absolute Gasteiger partial charge is 0.497 e. The molecule has 3 aromatic rings. The molecule has 0 unspecified atom stereocenters. The van der Waals surface area contributed by atoms with Crippen LogP contribution >= 0.6 is 11.8 Å². The summed E-state index contributed by atoms with van der Waals surface area (Å²) in [7, 11) is 1.62. The molecule has 0 N–H and O–H groups in total. The number of aromatic nitrogens is 5. The monoisotopic (exact) mass is 383 g/mol. The van der Waals surface area contributed by atoms with Crippen LogP contribution in [-0.4, -0.2) is 43.4 Å². The molecule has 0 amide bonds. The zero-order chi connectivity index (χ0) is 19.4. The van der Waals surface area contributed by atoms with Crippen molar-refractivity contribution >= 4 is 17.5 Å². The van der Waals surface area contributed by atoms with Crippen LogP contribution in [0.1, 0.15) is 21.7 Å². The van der Waals surface area contributed by atoms with Crippen LogP contribution in [0.5, 0.6) is 5.75 Å². The molecule has 2 heterocycles. The number of tetrazole rings is 1. The number of methoxy groups -OCH3 is 1. The van der Waals surface area contributed by atoms with E-state index in [1.807, 2.05) is 50.3 Å². The van der Waals surface area contributed by atoms with E-state index in [1.54, 1.807) is 11.8 Å². The summed E-state index contributed by atoms with van der Waals surface area (Å²) < 4.78 is 8.85. The fourth-order valence-corrected chi connectivity index (χ4v) is 3.63. The van der Waals surface area contributed by atoms with Crippen molar-refractivity contribution in [2.45, 2.75) is 25.5 Å². The van der Waals surface area contributed by atoms with E-state index in [9.17, 15) is 4.79 Å². The zero-order valence-electron chi connectivity index (χ0n) is 15.5. The number of Topliss-reactive ketones (excluding diaryl/α,β-unsaturated/α-hetero) is 1. The third kappa shape index (κ3) is 3.95. The van der Waals surface area contributed by atoms with Crippen molar-refractivity contribution in [1.29, 1.82) is 0 Å². The van der Waals surface area contributed by atoms with Crippen LogP contribution in [0, 0.1) is 13.8 Å². The van der Waals surface area contributed by atoms with Crippen LogP contribution in [0.2, 0.25) is 0 Å². The first-order chi connectivity index (χ1) is 13.0. The molecular weight excluding hydrogens is 362 g/mol. The molecule has 0 saturated heterocycles. The van der Waals surface area contributed by atoms with Gasteiger partial charge in [-0.1, -0.05) is 17.8 Å². The lowest BCUT2D eigenvalue weighted by Crippen LogP contribution is -2.07. The molecule has 0 atom stereocenters. The molecule has 3 rings (SSSR count). The minimum atomic E-state index is 0.0488. The van der Waals surface area contributed by atoms with Crippen molar-refractivity contribution in [2.24, 2.45) is 0 Å². The summed E-state index contributed by atoms with van der Waals surface area (Å²) in [6, 6.07) is 9.33. The standard InChI is InChI=1S/C19H21N5O2S/c1-5-10-23-13(2)11-17(14(23)3)18(25)12-27-19-20-21-22-24(19)15-6-8-16(26-4)9-7-15/h5-9,11H,1,10,12H2,2-4H3. The number of allylic oxidation sites excluding steroid dienone is 1. The maximum absolute atomic E-state index is 12.7. The number of hydrogen-bond donors (Lipinski definition) is 0. The number of hydrogen-bond acceptors (Lipinski definition) is 6. The van der Waals surface area contributed by atoms with E-state index < -0.39 is 0 Å². The Morgan fingerprint density at radius 3 is 2.70 bits per heavy atom. The summed E-state index contributed by atoms with van der Waals surface area (Å²) in [5, 5.41) is 12.4. The Balaban J connectivity index is 1.74. The van der Waals surface area contributed by atoms with E-state index in [4.69, 9.17) is 4.74 Å². The minimum Gasteiger partial charge on any atom is -0.497 e. The number of carbonyl (C=O) groups excluding carboxylic acids is 1. The molecular formula is C19H21N5O2S. The second-order valence-corrected chi connectivity index (χ2v) is 6.91. The number of benzene rings is 1. The average Bonchev–Trinajstić information content (AvgIpc) is 3.26. The first kappa shape index (κ1) is 18.9. The SMILES string of the molecule is C=CCn1c(C)cc(C(=O)CSc2nnnn2-c2ccc(OC)cc2)c1C. The normalized spacial score (nSPS) is 10.8. The molecule has 0 spiro atoms. The van der Waals surface area contributed by atoms with E-state index in [0.717, 1.165) is 28.4 Å². The lowest BCUT2D eigenvalue weighted by Gasteiger charge is -2.07. The van der Waals surface area contributed by atoms with E-state index in [2.05, 4.69) is 26.7 Å². The lowest BCUT2D eigenvalue weighted by atomic mass is 10.2. The van der Waals surface area contributed by atoms with Crippen LogP contribution in [0.4, 0.5) is 0 Å². The second kappa shape index (κ2) is 8.22. The van der Waals surface area contributed by atoms with Gasteiger partial charge in [0.1, 0.15) is 5.75 Å². The highest BCUT2D eigenvalue weighted by molar-refractivity contribution is 7.99. The summed E-state index contributed by atoms with van der Waals surface area (Å²) >= 11 is 1.32. The maximum atomic E-state index is 12.7. The van der Waals surface area contributed by atoms with Gasteiger partial charge in [0, 0.05) is 23.5 Å². The molecule has 0 aliphatic rings. The topological polar surface area (TPSA) is 74.8 Å². The molecule has 140 valence electrons. The number of thioether (sulfide) groups is 1. The summed E-state index contributed by atoms with van der Waals surface area (Å²) in [5.41, 5.74) is 3.53. The molecule has 1 aromatic carbocycles. The molecule has 0 saturated carbocycles. The Morgan fingerprint density at radius 2 is 2.04 bits per heavy atom. The van der Waals surface area contributed by atoms with E-state index >= 15 is 0 Å². The third-order valence-electron chi connectivity index (χ3n) is 4.28. The Labute approximate surface area is 162 Å². The Morgan fingerprint density at radius 1 is 1.30 bits per heavy atom. The highest BCUT2D eigenvalue weighted by Gasteiger charge is 2.17. The predicted octanol–water partition coefficient (Wildman–Crippen LogP) is 3.25. The number of nitrogens with zero attached hydrogens (tertiary/aromatic N) is 5. The van der Waals surface area contributed by atoms with E-state index in [1.165, 1.54) is 11.8 Å². The smallest absolute Gasteiger partial charge is 0.214 e. The highest BCUT2D eigenvalue weighted by atomic mass is 32.2. The molecule has 0 radical (unpaired) electrons. The summed E-state index contributed by atoms with van der Waals surface area (Å²) in [6.07, 6.45) is 1.83.